The van der Waals surface area contributed by atoms with Gasteiger partial charge in [0.1, 0.15) is 17.7 Å². The van der Waals surface area contributed by atoms with Crippen LogP contribution in [0.5, 0.6) is 0 Å². The van der Waals surface area contributed by atoms with Crippen molar-refractivity contribution in [2.75, 3.05) is 6.54 Å². The van der Waals surface area contributed by atoms with Gasteiger partial charge in [0.15, 0.2) is 0 Å². The summed E-state index contributed by atoms with van der Waals surface area (Å²) < 4.78 is 5.57. The third-order valence-electron chi connectivity index (χ3n) is 3.91. The first-order chi connectivity index (χ1) is 9.54. The van der Waals surface area contributed by atoms with Gasteiger partial charge in [-0.2, -0.15) is 0 Å². The Morgan fingerprint density at radius 1 is 1.30 bits per heavy atom. The van der Waals surface area contributed by atoms with Crippen LogP contribution < -0.4 is 5.32 Å². The predicted octanol–water partition coefficient (Wildman–Crippen LogP) is 2.98. The molecule has 4 nitrogen and oxygen atoms in total. The molecular formula is C16H24N2O2. The van der Waals surface area contributed by atoms with Crippen molar-refractivity contribution >= 4 is 5.91 Å². The number of furan rings is 1. The fourth-order valence-electron chi connectivity index (χ4n) is 2.54. The van der Waals surface area contributed by atoms with Crippen LogP contribution in [0.4, 0.5) is 0 Å². The molecule has 110 valence electrons. The Bertz CT molecular complexity index is 516. The van der Waals surface area contributed by atoms with E-state index in [0.717, 1.165) is 42.1 Å². The van der Waals surface area contributed by atoms with Crippen molar-refractivity contribution in [3.63, 3.8) is 0 Å². The molecule has 0 fully saturated rings. The van der Waals surface area contributed by atoms with E-state index >= 15 is 0 Å². The van der Waals surface area contributed by atoms with Crippen LogP contribution in [0.2, 0.25) is 0 Å². The average molecular weight is 276 g/mol. The normalized spacial score (nSPS) is 19.3. The Morgan fingerprint density at radius 2 is 2.05 bits per heavy atom. The topological polar surface area (TPSA) is 45.5 Å². The molecule has 2 heterocycles. The summed E-state index contributed by atoms with van der Waals surface area (Å²) in [6.07, 6.45) is 2.12. The molecule has 1 aliphatic heterocycles. The minimum Gasteiger partial charge on any atom is -0.465 e. The molecule has 2 rings (SSSR count). The van der Waals surface area contributed by atoms with Gasteiger partial charge >= 0.3 is 0 Å². The Kier molecular flexibility index (Phi) is 4.65. The molecule has 0 bridgehead atoms. The van der Waals surface area contributed by atoms with Crippen LogP contribution in [-0.2, 0) is 11.3 Å². The first-order valence-corrected chi connectivity index (χ1v) is 7.31. The number of rotatable bonds is 6. The van der Waals surface area contributed by atoms with Gasteiger partial charge in [-0.1, -0.05) is 13.3 Å². The monoisotopic (exact) mass is 276 g/mol. The van der Waals surface area contributed by atoms with Gasteiger partial charge in [0.25, 0.3) is 5.91 Å². The molecule has 0 spiro atoms. The zero-order valence-electron chi connectivity index (χ0n) is 12.8. The van der Waals surface area contributed by atoms with Gasteiger partial charge in [-0.25, -0.2) is 0 Å². The summed E-state index contributed by atoms with van der Waals surface area (Å²) in [7, 11) is 0. The van der Waals surface area contributed by atoms with Gasteiger partial charge in [0.2, 0.25) is 0 Å². The van der Waals surface area contributed by atoms with Crippen molar-refractivity contribution in [1.29, 1.82) is 0 Å². The lowest BCUT2D eigenvalue weighted by molar-refractivity contribution is -0.127. The summed E-state index contributed by atoms with van der Waals surface area (Å²) in [5, 5.41) is 3.43. The van der Waals surface area contributed by atoms with E-state index in [0.29, 0.717) is 6.54 Å². The molecular weight excluding hydrogens is 252 g/mol. The van der Waals surface area contributed by atoms with Crippen LogP contribution in [0.25, 0.3) is 0 Å². The lowest BCUT2D eigenvalue weighted by atomic mass is 10.1. The van der Waals surface area contributed by atoms with E-state index in [-0.39, 0.29) is 12.1 Å². The van der Waals surface area contributed by atoms with E-state index in [1.807, 2.05) is 37.8 Å². The summed E-state index contributed by atoms with van der Waals surface area (Å²) >= 11 is 0. The van der Waals surface area contributed by atoms with Crippen molar-refractivity contribution in [1.82, 2.24) is 10.2 Å². The molecule has 0 aromatic carbocycles. The van der Waals surface area contributed by atoms with Crippen molar-refractivity contribution < 1.29 is 9.21 Å². The summed E-state index contributed by atoms with van der Waals surface area (Å²) in [4.78, 5) is 14.2. The summed E-state index contributed by atoms with van der Waals surface area (Å²) in [6.45, 7) is 9.46. The number of aryl methyl sites for hydroxylation is 1. The maximum atomic E-state index is 12.3. The molecule has 1 N–H and O–H groups in total. The first-order valence-electron chi connectivity index (χ1n) is 7.31. The van der Waals surface area contributed by atoms with Crippen molar-refractivity contribution in [3.05, 3.63) is 34.8 Å². The highest BCUT2D eigenvalue weighted by Gasteiger charge is 2.33. The highest BCUT2D eigenvalue weighted by molar-refractivity contribution is 5.96. The largest absolute Gasteiger partial charge is 0.465 e. The molecule has 0 saturated heterocycles. The maximum Gasteiger partial charge on any atom is 0.251 e. The first kappa shape index (κ1) is 14.9. The quantitative estimate of drug-likeness (QED) is 0.868. The van der Waals surface area contributed by atoms with Crippen LogP contribution >= 0.6 is 0 Å². The summed E-state index contributed by atoms with van der Waals surface area (Å²) in [6, 6.07) is 3.93. The Balaban J connectivity index is 2.04. The van der Waals surface area contributed by atoms with Gasteiger partial charge < -0.3 is 9.32 Å². The molecule has 1 unspecified atom stereocenters. The average Bonchev–Trinajstić information content (AvgIpc) is 2.93. The third kappa shape index (κ3) is 2.96. The van der Waals surface area contributed by atoms with Gasteiger partial charge in [-0.3, -0.25) is 10.1 Å². The molecule has 0 saturated carbocycles. The molecule has 1 aromatic heterocycles. The molecule has 20 heavy (non-hydrogen) atoms. The minimum atomic E-state index is -0.000504. The fraction of sp³-hybridized carbons (Fsp3) is 0.562. The lowest BCUT2D eigenvalue weighted by Crippen LogP contribution is -2.45. The number of unbranched alkanes of at least 4 members (excludes halogenated alkanes) is 1. The molecule has 1 atom stereocenters. The minimum absolute atomic E-state index is 0.000504. The Hall–Kier alpha value is -1.55. The van der Waals surface area contributed by atoms with Gasteiger partial charge in [0, 0.05) is 12.1 Å². The van der Waals surface area contributed by atoms with E-state index < -0.39 is 0 Å². The second-order valence-electron chi connectivity index (χ2n) is 5.46. The van der Waals surface area contributed by atoms with Crippen molar-refractivity contribution in [3.8, 4) is 0 Å². The number of carbonyl (C=O) groups is 1. The number of nitrogens with one attached hydrogen (secondary N) is 1. The van der Waals surface area contributed by atoms with Crippen LogP contribution in [0.1, 0.15) is 45.1 Å². The van der Waals surface area contributed by atoms with Crippen molar-refractivity contribution in [2.45, 2.75) is 53.2 Å². The number of carbonyl (C=O) groups excluding carboxylic acids is 1. The van der Waals surface area contributed by atoms with E-state index in [1.165, 1.54) is 0 Å². The van der Waals surface area contributed by atoms with E-state index in [1.54, 1.807) is 0 Å². The van der Waals surface area contributed by atoms with E-state index in [9.17, 15) is 4.79 Å². The number of amides is 1. The molecule has 0 aliphatic carbocycles. The summed E-state index contributed by atoms with van der Waals surface area (Å²) in [5.41, 5.74) is 1.99. The van der Waals surface area contributed by atoms with Crippen molar-refractivity contribution in [2.24, 2.45) is 0 Å². The zero-order chi connectivity index (χ0) is 14.7. The predicted molar refractivity (Wildman–Crippen MR) is 79.1 cm³/mol. The Labute approximate surface area is 120 Å². The highest BCUT2D eigenvalue weighted by Crippen LogP contribution is 2.24. The van der Waals surface area contributed by atoms with E-state index in [4.69, 9.17) is 4.42 Å². The maximum absolute atomic E-state index is 12.3. The fourth-order valence-corrected chi connectivity index (χ4v) is 2.54. The zero-order valence-corrected chi connectivity index (χ0v) is 12.8. The Morgan fingerprint density at radius 3 is 2.65 bits per heavy atom. The number of hydrogen-bond acceptors (Lipinski definition) is 3. The molecule has 4 heteroatoms. The van der Waals surface area contributed by atoms with Gasteiger partial charge in [-0.15, -0.1) is 0 Å². The van der Waals surface area contributed by atoms with Crippen LogP contribution in [0.15, 0.2) is 27.7 Å². The summed E-state index contributed by atoms with van der Waals surface area (Å²) in [5.74, 6) is 1.97. The molecule has 1 aliphatic rings. The van der Waals surface area contributed by atoms with Crippen LogP contribution in [-0.4, -0.2) is 23.5 Å². The van der Waals surface area contributed by atoms with Crippen LogP contribution in [0, 0.1) is 6.92 Å². The number of hydrogen-bond donors (Lipinski definition) is 1. The molecule has 1 amide bonds. The third-order valence-corrected chi connectivity index (χ3v) is 3.91. The van der Waals surface area contributed by atoms with Gasteiger partial charge in [0.05, 0.1) is 6.54 Å². The smallest absolute Gasteiger partial charge is 0.251 e. The SMILES string of the molecule is CCCCN1C(=O)C(C)=C(C)C1NCc1ccc(C)o1. The van der Waals surface area contributed by atoms with Gasteiger partial charge in [-0.05, 0) is 44.9 Å². The molecule has 0 radical (unpaired) electrons. The second kappa shape index (κ2) is 6.27. The molecule has 1 aromatic rings. The highest BCUT2D eigenvalue weighted by atomic mass is 16.3. The lowest BCUT2D eigenvalue weighted by Gasteiger charge is -2.27. The van der Waals surface area contributed by atoms with E-state index in [2.05, 4.69) is 12.2 Å². The number of nitrogens with zero attached hydrogens (tertiary/aromatic N) is 1. The van der Waals surface area contributed by atoms with Crippen LogP contribution in [0.3, 0.4) is 0 Å². The standard InChI is InChI=1S/C16H24N2O2/c1-5-6-9-18-15(12(3)13(4)16(18)19)17-10-14-8-7-11(2)20-14/h7-8,15,17H,5-6,9-10H2,1-4H3. The second-order valence-corrected chi connectivity index (χ2v) is 5.46.